The van der Waals surface area contributed by atoms with E-state index in [1.54, 1.807) is 6.26 Å². The van der Waals surface area contributed by atoms with Crippen LogP contribution in [0, 0.1) is 0 Å². The fourth-order valence-corrected chi connectivity index (χ4v) is 2.52. The topological polar surface area (TPSA) is 279 Å². The first-order valence-corrected chi connectivity index (χ1v) is 15.2. The van der Waals surface area contributed by atoms with Crippen molar-refractivity contribution in [3.05, 3.63) is 0 Å². The van der Waals surface area contributed by atoms with Gasteiger partial charge < -0.3 is 58.4 Å². The highest BCUT2D eigenvalue weighted by Gasteiger charge is 2.19. The lowest BCUT2D eigenvalue weighted by atomic mass is 10.1. The van der Waals surface area contributed by atoms with E-state index in [0.717, 1.165) is 6.54 Å². The maximum atomic E-state index is 11.6. The second kappa shape index (κ2) is 40.0. The summed E-state index contributed by atoms with van der Waals surface area (Å²) in [5, 5.41) is 20.5. The van der Waals surface area contributed by atoms with Gasteiger partial charge in [-0.25, -0.2) is 4.79 Å². The van der Waals surface area contributed by atoms with Crippen LogP contribution in [0.2, 0.25) is 0 Å². The van der Waals surface area contributed by atoms with Gasteiger partial charge in [0.15, 0.2) is 0 Å². The molecule has 17 nitrogen and oxygen atoms in total. The Bertz CT molecular complexity index is 736. The Hall–Kier alpha value is -3.03. The van der Waals surface area contributed by atoms with Gasteiger partial charge in [0, 0.05) is 13.2 Å². The smallest absolute Gasteiger partial charge is 0.326 e. The molecule has 0 aromatic heterocycles. The molecule has 0 saturated carbocycles. The zero-order valence-electron chi connectivity index (χ0n) is 26.4. The maximum Gasteiger partial charge on any atom is 0.326 e. The molecular weight excluding hydrogens is 600 g/mol. The third kappa shape index (κ3) is 41.1. The van der Waals surface area contributed by atoms with Crippen LogP contribution in [0.1, 0.15) is 46.0 Å². The highest BCUT2D eigenvalue weighted by molar-refractivity contribution is 7.79. The predicted octanol–water partition coefficient (Wildman–Crippen LogP) is -2.93. The fourth-order valence-electron chi connectivity index (χ4n) is 2.52. The van der Waals surface area contributed by atoms with E-state index in [9.17, 15) is 28.8 Å². The Labute approximate surface area is 266 Å². The lowest BCUT2D eigenvalue weighted by Crippen LogP contribution is -2.47. The van der Waals surface area contributed by atoms with Crippen molar-refractivity contribution in [2.75, 3.05) is 78.5 Å². The number of hydrogen-bond donors (Lipinski definition) is 10. The number of aliphatic carboxylic acids is 1. The van der Waals surface area contributed by atoms with Gasteiger partial charge in [-0.05, 0) is 52.0 Å². The molecule has 0 heterocycles. The van der Waals surface area contributed by atoms with Crippen LogP contribution in [0.15, 0.2) is 0 Å². The van der Waals surface area contributed by atoms with E-state index in [-0.39, 0.29) is 32.0 Å². The summed E-state index contributed by atoms with van der Waals surface area (Å²) in [6.07, 6.45) is 5.87. The molecule has 0 spiro atoms. The van der Waals surface area contributed by atoms with Crippen LogP contribution in [0.25, 0.3) is 0 Å². The minimum atomic E-state index is -1.17. The molecule has 0 aromatic rings. The average molecular weight is 657 g/mol. The van der Waals surface area contributed by atoms with E-state index < -0.39 is 36.3 Å². The number of carboxylic acids is 1. The van der Waals surface area contributed by atoms with Gasteiger partial charge in [-0.1, -0.05) is 13.3 Å². The van der Waals surface area contributed by atoms with Crippen LogP contribution in [0.4, 0.5) is 0 Å². The van der Waals surface area contributed by atoms with Crippen LogP contribution in [-0.2, 0) is 38.2 Å². The second-order valence-electron chi connectivity index (χ2n) is 8.30. The Kier molecular flexibility index (Phi) is 43.5. The lowest BCUT2D eigenvalue weighted by molar-refractivity contribution is -0.142. The third-order valence-corrected chi connectivity index (χ3v) is 4.71. The number of rotatable bonds is 23. The highest BCUT2D eigenvalue weighted by atomic mass is 32.1. The van der Waals surface area contributed by atoms with Gasteiger partial charge in [0.2, 0.25) is 30.0 Å². The Balaban J connectivity index is -0.000000333. The molecule has 18 heteroatoms. The molecule has 1 unspecified atom stereocenters. The molecule has 0 fully saturated rings. The summed E-state index contributed by atoms with van der Waals surface area (Å²) in [6.45, 7) is 7.18. The number of unbranched alkanes of at least 4 members (excludes halogenated alkanes) is 2. The molecule has 0 saturated heterocycles. The fraction of sp³-hybridized carbons (Fsp3) is 0.769. The summed E-state index contributed by atoms with van der Waals surface area (Å²) in [7, 11) is 0. The quantitative estimate of drug-likeness (QED) is 0.0301. The molecule has 0 aliphatic carbocycles. The maximum absolute atomic E-state index is 11.6. The SMILES string of the molecule is CCCCN.CCOCCOCCNC(=O)CN.CS.NCCCCC(NC(=O)CNC(=O)CNC(=O)CNC=O)C(=O)O. The van der Waals surface area contributed by atoms with E-state index in [2.05, 4.69) is 46.1 Å². The molecule has 0 radical (unpaired) electrons. The predicted molar refractivity (Wildman–Crippen MR) is 171 cm³/mol. The first-order chi connectivity index (χ1) is 21.1. The molecule has 0 aliphatic rings. The van der Waals surface area contributed by atoms with Gasteiger partial charge in [0.05, 0.1) is 46.0 Å². The Morgan fingerprint density at radius 1 is 0.773 bits per heavy atom. The normalized spacial score (nSPS) is 10.1. The molecule has 0 rings (SSSR count). The van der Waals surface area contributed by atoms with Crippen LogP contribution in [-0.4, -0.2) is 126 Å². The molecule has 0 aliphatic heterocycles. The van der Waals surface area contributed by atoms with E-state index in [1.165, 1.54) is 12.8 Å². The van der Waals surface area contributed by atoms with Crippen LogP contribution in [0.3, 0.4) is 0 Å². The molecule has 0 aromatic carbocycles. The monoisotopic (exact) mass is 656 g/mol. The number of thiol groups is 1. The van der Waals surface area contributed by atoms with E-state index in [0.29, 0.717) is 58.8 Å². The highest BCUT2D eigenvalue weighted by Crippen LogP contribution is 2.00. The molecule has 5 amide bonds. The van der Waals surface area contributed by atoms with Gasteiger partial charge in [-0.2, -0.15) is 12.6 Å². The van der Waals surface area contributed by atoms with E-state index >= 15 is 0 Å². The number of nitrogens with two attached hydrogens (primary N) is 3. The summed E-state index contributed by atoms with van der Waals surface area (Å²) in [5.41, 5.74) is 15.5. The van der Waals surface area contributed by atoms with Crippen LogP contribution < -0.4 is 43.8 Å². The number of carboxylic acid groups (broad SMARTS) is 1. The minimum absolute atomic E-state index is 0.0267. The van der Waals surface area contributed by atoms with Gasteiger partial charge in [0.25, 0.3) is 0 Å². The van der Waals surface area contributed by atoms with Crippen molar-refractivity contribution in [1.82, 2.24) is 26.6 Å². The van der Waals surface area contributed by atoms with Crippen molar-refractivity contribution in [2.24, 2.45) is 17.2 Å². The molecule has 260 valence electrons. The van der Waals surface area contributed by atoms with Crippen molar-refractivity contribution >= 4 is 48.6 Å². The van der Waals surface area contributed by atoms with Gasteiger partial charge >= 0.3 is 5.97 Å². The summed E-state index contributed by atoms with van der Waals surface area (Å²) in [5.74, 6) is -3.17. The number of carbonyl (C=O) groups is 6. The first kappa shape index (κ1) is 47.9. The van der Waals surface area contributed by atoms with Gasteiger partial charge in [-0.3, -0.25) is 24.0 Å². The molecular formula is C26H56N8O9S. The summed E-state index contributed by atoms with van der Waals surface area (Å²) in [6, 6.07) is -1.05. The van der Waals surface area contributed by atoms with Crippen molar-refractivity contribution in [1.29, 1.82) is 0 Å². The van der Waals surface area contributed by atoms with Crippen LogP contribution >= 0.6 is 12.6 Å². The molecule has 12 N–H and O–H groups in total. The van der Waals surface area contributed by atoms with Crippen molar-refractivity contribution < 1.29 is 43.3 Å². The summed E-state index contributed by atoms with van der Waals surface area (Å²) < 4.78 is 10.2. The first-order valence-electron chi connectivity index (χ1n) is 14.3. The summed E-state index contributed by atoms with van der Waals surface area (Å²) >= 11 is 3.53. The third-order valence-electron chi connectivity index (χ3n) is 4.71. The van der Waals surface area contributed by atoms with Gasteiger partial charge in [0.1, 0.15) is 6.04 Å². The van der Waals surface area contributed by atoms with E-state index in [1.807, 2.05) is 6.92 Å². The molecule has 0 bridgehead atoms. The summed E-state index contributed by atoms with van der Waals surface area (Å²) in [4.78, 5) is 65.8. The lowest BCUT2D eigenvalue weighted by Gasteiger charge is -2.14. The largest absolute Gasteiger partial charge is 0.480 e. The van der Waals surface area contributed by atoms with Crippen molar-refractivity contribution in [3.8, 4) is 0 Å². The zero-order valence-corrected chi connectivity index (χ0v) is 27.3. The minimum Gasteiger partial charge on any atom is -0.480 e. The Morgan fingerprint density at radius 2 is 1.34 bits per heavy atom. The average Bonchev–Trinajstić information content (AvgIpc) is 3.02. The molecule has 44 heavy (non-hydrogen) atoms. The van der Waals surface area contributed by atoms with E-state index in [4.69, 9.17) is 31.8 Å². The Morgan fingerprint density at radius 3 is 1.82 bits per heavy atom. The number of nitrogens with one attached hydrogen (secondary N) is 5. The number of hydrogen-bond acceptors (Lipinski definition) is 12. The zero-order chi connectivity index (χ0) is 34.4. The number of amides is 5. The number of carbonyl (C=O) groups excluding carboxylic acids is 5. The van der Waals surface area contributed by atoms with Gasteiger partial charge in [-0.15, -0.1) is 0 Å². The molecule has 1 atom stereocenters. The second-order valence-corrected chi connectivity index (χ2v) is 8.30. The van der Waals surface area contributed by atoms with Crippen LogP contribution in [0.5, 0.6) is 0 Å². The van der Waals surface area contributed by atoms with Crippen molar-refractivity contribution in [3.63, 3.8) is 0 Å². The standard InChI is InChI=1S/C13H23N5O6.C8H18N2O3.C4H11N.CH4S/c14-4-2-1-3-9(13(23)24)18-12(22)7-17-11(21)6-16-10(20)5-15-8-19;1-2-12-5-6-13-4-3-10-8(11)7-9;1-2-3-4-5;1-2/h8-9H,1-7,14H2,(H,15,19)(H,16,20)(H,17,21)(H,18,22)(H,23,24);2-7,9H2,1H3,(H,10,11);2-5H2,1H3;2H,1H3. The van der Waals surface area contributed by atoms with Crippen molar-refractivity contribution in [2.45, 2.75) is 52.0 Å². The number of ether oxygens (including phenoxy) is 2.